The SMILES string of the molecule is C[C@@H](N)c1cc(F)c(Cl)nc1Cl. The van der Waals surface area contributed by atoms with E-state index in [0.717, 1.165) is 0 Å². The Bertz CT molecular complexity index is 302. The van der Waals surface area contributed by atoms with Crippen LogP contribution in [0.15, 0.2) is 6.07 Å². The van der Waals surface area contributed by atoms with Crippen molar-refractivity contribution in [1.29, 1.82) is 0 Å². The molecule has 1 heterocycles. The van der Waals surface area contributed by atoms with Crippen LogP contribution in [-0.2, 0) is 0 Å². The summed E-state index contributed by atoms with van der Waals surface area (Å²) < 4.78 is 12.8. The molecule has 0 aromatic carbocycles. The van der Waals surface area contributed by atoms with Gasteiger partial charge in [-0.15, -0.1) is 0 Å². The molecule has 1 aromatic rings. The van der Waals surface area contributed by atoms with E-state index in [1.165, 1.54) is 6.07 Å². The van der Waals surface area contributed by atoms with Gasteiger partial charge in [-0.05, 0) is 13.0 Å². The molecule has 2 N–H and O–H groups in total. The topological polar surface area (TPSA) is 38.9 Å². The lowest BCUT2D eigenvalue weighted by Crippen LogP contribution is -2.07. The summed E-state index contributed by atoms with van der Waals surface area (Å²) in [5, 5.41) is -0.0826. The molecule has 0 aliphatic carbocycles. The molecule has 2 nitrogen and oxygen atoms in total. The van der Waals surface area contributed by atoms with Crippen LogP contribution in [0.25, 0.3) is 0 Å². The summed E-state index contributed by atoms with van der Waals surface area (Å²) in [4.78, 5) is 3.57. The van der Waals surface area contributed by atoms with E-state index in [2.05, 4.69) is 4.98 Å². The minimum absolute atomic E-state index is 0.149. The zero-order chi connectivity index (χ0) is 9.30. The van der Waals surface area contributed by atoms with Crippen LogP contribution in [0, 0.1) is 5.82 Å². The Morgan fingerprint density at radius 3 is 2.58 bits per heavy atom. The first kappa shape index (κ1) is 9.71. The summed E-state index contributed by atoms with van der Waals surface area (Å²) in [5.41, 5.74) is 5.96. The van der Waals surface area contributed by atoms with E-state index in [-0.39, 0.29) is 16.3 Å². The Labute approximate surface area is 79.5 Å². The van der Waals surface area contributed by atoms with Gasteiger partial charge in [0.1, 0.15) is 5.15 Å². The second-order valence-electron chi connectivity index (χ2n) is 2.43. The van der Waals surface area contributed by atoms with Crippen molar-refractivity contribution in [3.05, 3.63) is 27.8 Å². The van der Waals surface area contributed by atoms with Gasteiger partial charge in [0.05, 0.1) is 0 Å². The Hall–Kier alpha value is -0.380. The van der Waals surface area contributed by atoms with Gasteiger partial charge in [-0.2, -0.15) is 0 Å². The summed E-state index contributed by atoms with van der Waals surface area (Å²) in [6.07, 6.45) is 0. The molecule has 66 valence electrons. The number of aromatic nitrogens is 1. The fraction of sp³-hybridized carbons (Fsp3) is 0.286. The number of nitrogens with two attached hydrogens (primary N) is 1. The van der Waals surface area contributed by atoms with Crippen LogP contribution in [0.3, 0.4) is 0 Å². The van der Waals surface area contributed by atoms with Crippen molar-refractivity contribution in [1.82, 2.24) is 4.98 Å². The summed E-state index contributed by atoms with van der Waals surface area (Å²) >= 11 is 11.0. The van der Waals surface area contributed by atoms with Crippen molar-refractivity contribution >= 4 is 23.2 Å². The maximum atomic E-state index is 12.8. The molecule has 5 heteroatoms. The number of halogens is 3. The standard InChI is InChI=1S/C7H7Cl2FN2/c1-3(11)4-2-5(10)7(9)12-6(4)8/h2-3H,11H2,1H3/t3-/m1/s1. The lowest BCUT2D eigenvalue weighted by atomic mass is 10.1. The highest BCUT2D eigenvalue weighted by Crippen LogP contribution is 2.23. The summed E-state index contributed by atoms with van der Waals surface area (Å²) in [7, 11) is 0. The van der Waals surface area contributed by atoms with Crippen LogP contribution in [0.5, 0.6) is 0 Å². The molecule has 12 heavy (non-hydrogen) atoms. The molecule has 0 spiro atoms. The lowest BCUT2D eigenvalue weighted by Gasteiger charge is -2.07. The average Bonchev–Trinajstić information content (AvgIpc) is 1.96. The van der Waals surface area contributed by atoms with E-state index >= 15 is 0 Å². The predicted octanol–water partition coefficient (Wildman–Crippen LogP) is 2.55. The van der Waals surface area contributed by atoms with Gasteiger partial charge in [0.2, 0.25) is 0 Å². The van der Waals surface area contributed by atoms with Crippen molar-refractivity contribution in [3.8, 4) is 0 Å². The Morgan fingerprint density at radius 2 is 2.08 bits per heavy atom. The second-order valence-corrected chi connectivity index (χ2v) is 3.15. The fourth-order valence-electron chi connectivity index (χ4n) is 0.779. The van der Waals surface area contributed by atoms with Crippen LogP contribution in [0.1, 0.15) is 18.5 Å². The Morgan fingerprint density at radius 1 is 1.50 bits per heavy atom. The Kier molecular flexibility index (Phi) is 2.88. The highest BCUT2D eigenvalue weighted by molar-refractivity contribution is 6.32. The number of nitrogens with zero attached hydrogens (tertiary/aromatic N) is 1. The maximum absolute atomic E-state index is 12.8. The van der Waals surface area contributed by atoms with Crippen LogP contribution in [0.2, 0.25) is 10.3 Å². The van der Waals surface area contributed by atoms with Crippen LogP contribution in [-0.4, -0.2) is 4.98 Å². The third kappa shape index (κ3) is 1.86. The van der Waals surface area contributed by atoms with E-state index in [4.69, 9.17) is 28.9 Å². The predicted molar refractivity (Wildman–Crippen MR) is 46.8 cm³/mol. The zero-order valence-electron chi connectivity index (χ0n) is 6.31. The fourth-order valence-corrected chi connectivity index (χ4v) is 1.27. The van der Waals surface area contributed by atoms with Gasteiger partial charge in [-0.1, -0.05) is 23.2 Å². The van der Waals surface area contributed by atoms with Crippen molar-refractivity contribution in [3.63, 3.8) is 0 Å². The number of pyridine rings is 1. The number of hydrogen-bond donors (Lipinski definition) is 1. The van der Waals surface area contributed by atoms with Gasteiger partial charge in [0.15, 0.2) is 11.0 Å². The molecule has 0 amide bonds. The lowest BCUT2D eigenvalue weighted by molar-refractivity contribution is 0.615. The highest BCUT2D eigenvalue weighted by Gasteiger charge is 2.11. The van der Waals surface area contributed by atoms with E-state index < -0.39 is 5.82 Å². The molecule has 1 aromatic heterocycles. The molecular weight excluding hydrogens is 202 g/mol. The minimum atomic E-state index is -0.603. The van der Waals surface area contributed by atoms with E-state index in [1.807, 2.05) is 0 Å². The van der Waals surface area contributed by atoms with E-state index in [9.17, 15) is 4.39 Å². The van der Waals surface area contributed by atoms with Crippen LogP contribution in [0.4, 0.5) is 4.39 Å². The smallest absolute Gasteiger partial charge is 0.166 e. The van der Waals surface area contributed by atoms with E-state index in [1.54, 1.807) is 6.92 Å². The van der Waals surface area contributed by atoms with E-state index in [0.29, 0.717) is 5.56 Å². The van der Waals surface area contributed by atoms with Gasteiger partial charge in [-0.25, -0.2) is 9.37 Å². The molecule has 0 fully saturated rings. The van der Waals surface area contributed by atoms with Gasteiger partial charge < -0.3 is 5.73 Å². The van der Waals surface area contributed by atoms with Crippen molar-refractivity contribution in [2.24, 2.45) is 5.73 Å². The number of rotatable bonds is 1. The second kappa shape index (κ2) is 3.56. The largest absolute Gasteiger partial charge is 0.324 e. The number of hydrogen-bond acceptors (Lipinski definition) is 2. The summed E-state index contributed by atoms with van der Waals surface area (Å²) in [6, 6.07) is 0.847. The van der Waals surface area contributed by atoms with Gasteiger partial charge in [-0.3, -0.25) is 0 Å². The normalized spacial score (nSPS) is 13.1. The molecule has 1 rings (SSSR count). The van der Waals surface area contributed by atoms with Gasteiger partial charge >= 0.3 is 0 Å². The molecule has 0 unspecified atom stereocenters. The first-order valence-electron chi connectivity index (χ1n) is 3.29. The molecule has 1 atom stereocenters. The van der Waals surface area contributed by atoms with Crippen LogP contribution < -0.4 is 5.73 Å². The average molecular weight is 209 g/mol. The van der Waals surface area contributed by atoms with Crippen molar-refractivity contribution in [2.45, 2.75) is 13.0 Å². The summed E-state index contributed by atoms with van der Waals surface area (Å²) in [6.45, 7) is 1.69. The van der Waals surface area contributed by atoms with Crippen molar-refractivity contribution in [2.75, 3.05) is 0 Å². The third-order valence-electron chi connectivity index (χ3n) is 1.40. The highest BCUT2D eigenvalue weighted by atomic mass is 35.5. The maximum Gasteiger partial charge on any atom is 0.166 e. The van der Waals surface area contributed by atoms with Gasteiger partial charge in [0, 0.05) is 11.6 Å². The third-order valence-corrected chi connectivity index (χ3v) is 1.97. The van der Waals surface area contributed by atoms with Crippen LogP contribution >= 0.6 is 23.2 Å². The zero-order valence-corrected chi connectivity index (χ0v) is 7.83. The molecular formula is C7H7Cl2FN2. The molecule has 0 aliphatic rings. The quantitative estimate of drug-likeness (QED) is 0.721. The van der Waals surface area contributed by atoms with Crippen molar-refractivity contribution < 1.29 is 4.39 Å². The monoisotopic (exact) mass is 208 g/mol. The first-order chi connectivity index (χ1) is 5.52. The molecule has 0 aliphatic heterocycles. The molecule has 0 saturated carbocycles. The Balaban J connectivity index is 3.23. The first-order valence-corrected chi connectivity index (χ1v) is 4.05. The van der Waals surface area contributed by atoms with Gasteiger partial charge in [0.25, 0.3) is 0 Å². The molecule has 0 bridgehead atoms. The minimum Gasteiger partial charge on any atom is -0.324 e. The summed E-state index contributed by atoms with van der Waals surface area (Å²) in [5.74, 6) is -0.603. The molecule has 0 radical (unpaired) electrons. The molecule has 0 saturated heterocycles.